The molecule has 2 heterocycles. The molecule has 9 nitrogen and oxygen atoms in total. The number of nitro groups is 1. The number of hydrogen-bond acceptors (Lipinski definition) is 6. The van der Waals surface area contributed by atoms with E-state index in [4.69, 9.17) is 11.6 Å². The van der Waals surface area contributed by atoms with Crippen molar-refractivity contribution in [1.29, 1.82) is 0 Å². The van der Waals surface area contributed by atoms with Gasteiger partial charge in [0, 0.05) is 56.3 Å². The van der Waals surface area contributed by atoms with Gasteiger partial charge in [0.25, 0.3) is 11.6 Å². The van der Waals surface area contributed by atoms with Gasteiger partial charge in [0.05, 0.1) is 11.0 Å². The van der Waals surface area contributed by atoms with Crippen molar-refractivity contribution >= 4 is 34.8 Å². The average molecular weight is 500 g/mol. The number of halogens is 1. The zero-order valence-electron chi connectivity index (χ0n) is 19.8. The van der Waals surface area contributed by atoms with Crippen LogP contribution in [0.1, 0.15) is 41.7 Å². The maximum atomic E-state index is 13.0. The van der Waals surface area contributed by atoms with Gasteiger partial charge in [-0.25, -0.2) is 0 Å². The molecule has 35 heavy (non-hydrogen) atoms. The van der Waals surface area contributed by atoms with Crippen molar-refractivity contribution in [1.82, 2.24) is 15.1 Å². The molecule has 2 saturated heterocycles. The number of hydrogen-bond donors (Lipinski definition) is 1. The molecule has 2 aliphatic rings. The second kappa shape index (κ2) is 11.0. The first-order valence-corrected chi connectivity index (χ1v) is 12.3. The van der Waals surface area contributed by atoms with Gasteiger partial charge >= 0.3 is 0 Å². The van der Waals surface area contributed by atoms with Gasteiger partial charge in [0.15, 0.2) is 0 Å². The molecule has 1 N–H and O–H groups in total. The van der Waals surface area contributed by atoms with E-state index in [1.54, 1.807) is 17.0 Å². The van der Waals surface area contributed by atoms with Gasteiger partial charge in [-0.3, -0.25) is 24.6 Å². The molecule has 0 bridgehead atoms. The largest absolute Gasteiger partial charge is 0.362 e. The van der Waals surface area contributed by atoms with Crippen LogP contribution >= 0.6 is 11.6 Å². The predicted octanol–water partition coefficient (Wildman–Crippen LogP) is 3.48. The Morgan fingerprint density at radius 2 is 1.77 bits per heavy atom. The van der Waals surface area contributed by atoms with Crippen molar-refractivity contribution in [2.24, 2.45) is 0 Å². The van der Waals surface area contributed by atoms with Crippen LogP contribution in [0, 0.1) is 10.1 Å². The Labute approximate surface area is 209 Å². The molecule has 0 unspecified atom stereocenters. The standard InChI is InChI=1S/C25H30ClN5O4/c1-18(32)28-11-13-30(14-12-28)22-8-7-20(16-23(22)31(34)35)25(33)27-17-24(29-9-2-3-10-29)19-5-4-6-21(26)15-19/h4-8,15-16,24H,2-3,9-14,17H2,1H3,(H,27,33)/t24-/m0/s1. The number of nitrogens with zero attached hydrogens (tertiary/aromatic N) is 4. The molecule has 1 atom stereocenters. The summed E-state index contributed by atoms with van der Waals surface area (Å²) < 4.78 is 0. The van der Waals surface area contributed by atoms with Crippen LogP contribution < -0.4 is 10.2 Å². The summed E-state index contributed by atoms with van der Waals surface area (Å²) in [6.07, 6.45) is 2.22. The van der Waals surface area contributed by atoms with Crippen molar-refractivity contribution in [2.75, 3.05) is 50.7 Å². The number of carbonyl (C=O) groups is 2. The summed E-state index contributed by atoms with van der Waals surface area (Å²) in [7, 11) is 0. The number of piperazine rings is 1. The lowest BCUT2D eigenvalue weighted by atomic mass is 10.0. The van der Waals surface area contributed by atoms with E-state index >= 15 is 0 Å². The van der Waals surface area contributed by atoms with E-state index in [1.807, 2.05) is 29.2 Å². The van der Waals surface area contributed by atoms with E-state index in [9.17, 15) is 19.7 Å². The van der Waals surface area contributed by atoms with E-state index in [0.717, 1.165) is 31.5 Å². The predicted molar refractivity (Wildman–Crippen MR) is 135 cm³/mol. The Morgan fingerprint density at radius 1 is 1.06 bits per heavy atom. The highest BCUT2D eigenvalue weighted by atomic mass is 35.5. The molecular weight excluding hydrogens is 470 g/mol. The molecule has 4 rings (SSSR count). The summed E-state index contributed by atoms with van der Waals surface area (Å²) in [5.74, 6) is -0.358. The fourth-order valence-electron chi connectivity index (χ4n) is 4.86. The van der Waals surface area contributed by atoms with Crippen molar-refractivity contribution < 1.29 is 14.5 Å². The minimum atomic E-state index is -0.456. The van der Waals surface area contributed by atoms with E-state index in [0.29, 0.717) is 43.4 Å². The number of nitrogens with one attached hydrogen (secondary N) is 1. The molecule has 186 valence electrons. The normalized spacial score (nSPS) is 17.3. The molecule has 0 spiro atoms. The van der Waals surface area contributed by atoms with Crippen molar-refractivity contribution in [3.63, 3.8) is 0 Å². The zero-order chi connectivity index (χ0) is 24.9. The van der Waals surface area contributed by atoms with Gasteiger partial charge in [-0.2, -0.15) is 0 Å². The average Bonchev–Trinajstić information content (AvgIpc) is 3.38. The SMILES string of the molecule is CC(=O)N1CCN(c2ccc(C(=O)NC[C@@H](c3cccc(Cl)c3)N3CCCC3)cc2[N+](=O)[O-])CC1. The summed E-state index contributed by atoms with van der Waals surface area (Å²) in [5, 5.41) is 15.5. The van der Waals surface area contributed by atoms with Crippen LogP contribution in [-0.4, -0.2) is 72.4 Å². The first-order chi connectivity index (χ1) is 16.8. The van der Waals surface area contributed by atoms with Crippen LogP contribution in [0.15, 0.2) is 42.5 Å². The highest BCUT2D eigenvalue weighted by Gasteiger charge is 2.27. The number of nitro benzene ring substituents is 1. The first-order valence-electron chi connectivity index (χ1n) is 11.9. The van der Waals surface area contributed by atoms with Crippen LogP contribution in [0.5, 0.6) is 0 Å². The fourth-order valence-corrected chi connectivity index (χ4v) is 5.06. The molecule has 10 heteroatoms. The van der Waals surface area contributed by atoms with E-state index < -0.39 is 4.92 Å². The van der Waals surface area contributed by atoms with Crippen LogP contribution in [0.3, 0.4) is 0 Å². The second-order valence-electron chi connectivity index (χ2n) is 8.98. The minimum Gasteiger partial charge on any atom is -0.362 e. The summed E-state index contributed by atoms with van der Waals surface area (Å²) in [5.41, 5.74) is 1.63. The van der Waals surface area contributed by atoms with Crippen molar-refractivity contribution in [3.05, 3.63) is 68.7 Å². The Hall–Kier alpha value is -3.17. The summed E-state index contributed by atoms with van der Waals surface area (Å²) in [6.45, 7) is 5.82. The maximum Gasteiger partial charge on any atom is 0.293 e. The first kappa shape index (κ1) is 24.9. The van der Waals surface area contributed by atoms with E-state index in [1.165, 1.54) is 13.0 Å². The van der Waals surface area contributed by atoms with Gasteiger partial charge in [-0.05, 0) is 55.8 Å². The highest BCUT2D eigenvalue weighted by molar-refractivity contribution is 6.30. The minimum absolute atomic E-state index is 0.00354. The number of carbonyl (C=O) groups excluding carboxylic acids is 2. The van der Waals surface area contributed by atoms with Gasteiger partial charge in [-0.1, -0.05) is 23.7 Å². The number of anilines is 1. The molecular formula is C25H30ClN5O4. The summed E-state index contributed by atoms with van der Waals surface area (Å²) >= 11 is 6.21. The maximum absolute atomic E-state index is 13.0. The summed E-state index contributed by atoms with van der Waals surface area (Å²) in [6, 6.07) is 12.2. The quantitative estimate of drug-likeness (QED) is 0.462. The van der Waals surface area contributed by atoms with Crippen LogP contribution in [-0.2, 0) is 4.79 Å². The monoisotopic (exact) mass is 499 g/mol. The summed E-state index contributed by atoms with van der Waals surface area (Å²) in [4.78, 5) is 41.9. The number of rotatable bonds is 7. The third-order valence-electron chi connectivity index (χ3n) is 6.77. The molecule has 0 radical (unpaired) electrons. The molecule has 0 saturated carbocycles. The molecule has 2 aromatic rings. The van der Waals surface area contributed by atoms with Crippen molar-refractivity contribution in [2.45, 2.75) is 25.8 Å². The Balaban J connectivity index is 1.48. The van der Waals surface area contributed by atoms with Gasteiger partial charge < -0.3 is 15.1 Å². The third-order valence-corrected chi connectivity index (χ3v) is 7.01. The van der Waals surface area contributed by atoms with Crippen LogP contribution in [0.2, 0.25) is 5.02 Å². The van der Waals surface area contributed by atoms with E-state index in [-0.39, 0.29) is 29.1 Å². The molecule has 2 amide bonds. The van der Waals surface area contributed by atoms with Crippen LogP contribution in [0.4, 0.5) is 11.4 Å². The smallest absolute Gasteiger partial charge is 0.293 e. The number of amides is 2. The van der Waals surface area contributed by atoms with Gasteiger partial charge in [-0.15, -0.1) is 0 Å². The Kier molecular flexibility index (Phi) is 7.87. The molecule has 2 aliphatic heterocycles. The molecule has 0 aliphatic carbocycles. The van der Waals surface area contributed by atoms with E-state index in [2.05, 4.69) is 10.2 Å². The van der Waals surface area contributed by atoms with Crippen LogP contribution in [0.25, 0.3) is 0 Å². The molecule has 2 aromatic carbocycles. The zero-order valence-corrected chi connectivity index (χ0v) is 20.5. The fraction of sp³-hybridized carbons (Fsp3) is 0.440. The lowest BCUT2D eigenvalue weighted by Gasteiger charge is -2.35. The lowest BCUT2D eigenvalue weighted by molar-refractivity contribution is -0.384. The Bertz CT molecular complexity index is 1100. The Morgan fingerprint density at radius 3 is 2.40 bits per heavy atom. The van der Waals surface area contributed by atoms with Gasteiger partial charge in [0.1, 0.15) is 5.69 Å². The van der Waals surface area contributed by atoms with Crippen molar-refractivity contribution in [3.8, 4) is 0 Å². The number of likely N-dealkylation sites (tertiary alicyclic amines) is 1. The third kappa shape index (κ3) is 5.91. The van der Waals surface area contributed by atoms with Gasteiger partial charge in [0.2, 0.25) is 5.91 Å². The topological polar surface area (TPSA) is 99.0 Å². The second-order valence-corrected chi connectivity index (χ2v) is 9.41. The lowest BCUT2D eigenvalue weighted by Crippen LogP contribution is -2.48. The molecule has 2 fully saturated rings. The number of benzene rings is 2. The molecule has 0 aromatic heterocycles. The highest BCUT2D eigenvalue weighted by Crippen LogP contribution is 2.31.